The second-order valence-corrected chi connectivity index (χ2v) is 7.50. The van der Waals surface area contributed by atoms with Crippen LogP contribution in [0.4, 0.5) is 9.59 Å². The first-order chi connectivity index (χ1) is 10.6. The van der Waals surface area contributed by atoms with Crippen LogP contribution in [0.25, 0.3) is 0 Å². The first-order valence-electron chi connectivity index (χ1n) is 8.35. The molecule has 0 aromatic rings. The van der Waals surface area contributed by atoms with Gasteiger partial charge in [-0.15, -0.1) is 0 Å². The number of likely N-dealkylation sites (tertiary alicyclic amines) is 1. The summed E-state index contributed by atoms with van der Waals surface area (Å²) in [7, 11) is 0. The van der Waals surface area contributed by atoms with Gasteiger partial charge in [0, 0.05) is 31.7 Å². The van der Waals surface area contributed by atoms with Gasteiger partial charge in [-0.3, -0.25) is 0 Å². The molecule has 134 valence electrons. The van der Waals surface area contributed by atoms with Crippen LogP contribution in [0.15, 0.2) is 0 Å². The van der Waals surface area contributed by atoms with Crippen molar-refractivity contribution in [2.24, 2.45) is 11.7 Å². The molecule has 23 heavy (non-hydrogen) atoms. The fourth-order valence-electron chi connectivity index (χ4n) is 2.51. The van der Waals surface area contributed by atoms with Crippen LogP contribution in [0.5, 0.6) is 0 Å². The lowest BCUT2D eigenvalue weighted by molar-refractivity contribution is 0.0488. The number of hydrogen-bond donors (Lipinski definition) is 3. The van der Waals surface area contributed by atoms with E-state index in [0.717, 1.165) is 12.8 Å². The first-order valence-corrected chi connectivity index (χ1v) is 8.35. The van der Waals surface area contributed by atoms with Crippen molar-refractivity contribution in [1.29, 1.82) is 0 Å². The number of carbonyl (C=O) groups is 2. The molecule has 1 aliphatic rings. The summed E-state index contributed by atoms with van der Waals surface area (Å²) >= 11 is 0. The Kier molecular flexibility index (Phi) is 7.12. The van der Waals surface area contributed by atoms with Crippen LogP contribution in [0.1, 0.15) is 47.5 Å². The maximum Gasteiger partial charge on any atom is 0.407 e. The van der Waals surface area contributed by atoms with E-state index in [0.29, 0.717) is 31.6 Å². The van der Waals surface area contributed by atoms with Gasteiger partial charge >= 0.3 is 12.1 Å². The number of carbonyl (C=O) groups excluding carboxylic acids is 2. The molecular weight excluding hydrogens is 296 g/mol. The lowest BCUT2D eigenvalue weighted by Gasteiger charge is -2.33. The van der Waals surface area contributed by atoms with Gasteiger partial charge in [-0.2, -0.15) is 0 Å². The molecule has 7 nitrogen and oxygen atoms in total. The summed E-state index contributed by atoms with van der Waals surface area (Å²) in [5.74, 6) is 0.292. The Balaban J connectivity index is 2.39. The molecule has 7 heteroatoms. The van der Waals surface area contributed by atoms with Crippen LogP contribution in [0.2, 0.25) is 0 Å². The zero-order valence-electron chi connectivity index (χ0n) is 15.0. The highest BCUT2D eigenvalue weighted by Gasteiger charge is 2.24. The lowest BCUT2D eigenvalue weighted by atomic mass is 10.0. The Labute approximate surface area is 139 Å². The molecule has 0 spiro atoms. The topological polar surface area (TPSA) is 96.7 Å². The van der Waals surface area contributed by atoms with Crippen molar-refractivity contribution >= 4 is 12.1 Å². The highest BCUT2D eigenvalue weighted by atomic mass is 16.6. The maximum absolute atomic E-state index is 11.9. The minimum Gasteiger partial charge on any atom is -0.444 e. The van der Waals surface area contributed by atoms with Gasteiger partial charge < -0.3 is 26.0 Å². The molecule has 1 saturated heterocycles. The molecule has 0 saturated carbocycles. The van der Waals surface area contributed by atoms with Crippen molar-refractivity contribution in [3.63, 3.8) is 0 Å². The number of alkyl carbamates (subject to hydrolysis) is 1. The number of nitrogens with two attached hydrogens (primary N) is 1. The predicted octanol–water partition coefficient (Wildman–Crippen LogP) is 1.67. The van der Waals surface area contributed by atoms with Gasteiger partial charge in [-0.1, -0.05) is 13.8 Å². The fraction of sp³-hybridized carbons (Fsp3) is 0.875. The van der Waals surface area contributed by atoms with Crippen LogP contribution in [0, 0.1) is 5.92 Å². The number of hydrogen-bond acceptors (Lipinski definition) is 4. The van der Waals surface area contributed by atoms with Crippen LogP contribution in [-0.4, -0.2) is 54.3 Å². The highest BCUT2D eigenvalue weighted by Crippen LogP contribution is 2.12. The molecule has 1 aliphatic heterocycles. The van der Waals surface area contributed by atoms with Crippen molar-refractivity contribution in [2.45, 2.75) is 65.1 Å². The summed E-state index contributed by atoms with van der Waals surface area (Å²) in [6.07, 6.45) is 1.36. The summed E-state index contributed by atoms with van der Waals surface area (Å²) in [4.78, 5) is 24.7. The van der Waals surface area contributed by atoms with E-state index in [-0.39, 0.29) is 18.2 Å². The Hall–Kier alpha value is -1.50. The molecule has 4 N–H and O–H groups in total. The van der Waals surface area contributed by atoms with Crippen molar-refractivity contribution < 1.29 is 14.3 Å². The van der Waals surface area contributed by atoms with Gasteiger partial charge in [0.2, 0.25) is 0 Å². The van der Waals surface area contributed by atoms with E-state index in [1.54, 1.807) is 4.90 Å². The van der Waals surface area contributed by atoms with E-state index in [4.69, 9.17) is 10.5 Å². The summed E-state index contributed by atoms with van der Waals surface area (Å²) in [6, 6.07) is -0.0126. The number of piperidine rings is 1. The van der Waals surface area contributed by atoms with Gasteiger partial charge in [0.15, 0.2) is 0 Å². The number of nitrogens with zero attached hydrogens (tertiary/aromatic N) is 1. The quantitative estimate of drug-likeness (QED) is 0.715. The molecule has 0 bridgehead atoms. The summed E-state index contributed by atoms with van der Waals surface area (Å²) in [6.45, 7) is 11.7. The second-order valence-electron chi connectivity index (χ2n) is 7.50. The van der Waals surface area contributed by atoms with E-state index in [1.807, 2.05) is 20.8 Å². The molecule has 1 unspecified atom stereocenters. The van der Waals surface area contributed by atoms with Crippen molar-refractivity contribution in [3.05, 3.63) is 0 Å². The summed E-state index contributed by atoms with van der Waals surface area (Å²) in [5.41, 5.74) is 4.79. The number of ether oxygens (including phenoxy) is 1. The largest absolute Gasteiger partial charge is 0.444 e. The molecule has 0 aromatic carbocycles. The standard InChI is InChI=1S/C16H32N4O3/c1-11(2)13(19-15(22)23-16(3,4)5)10-18-12-6-8-20(9-7-12)14(17)21/h11-13,18H,6-10H2,1-5H3,(H2,17,21)(H,19,22). The minimum atomic E-state index is -0.499. The van der Waals surface area contributed by atoms with Crippen molar-refractivity contribution in [2.75, 3.05) is 19.6 Å². The number of amides is 3. The van der Waals surface area contributed by atoms with Gasteiger partial charge in [0.05, 0.1) is 0 Å². The van der Waals surface area contributed by atoms with Crippen molar-refractivity contribution in [3.8, 4) is 0 Å². The molecular formula is C16H32N4O3. The molecule has 1 atom stereocenters. The van der Waals surface area contributed by atoms with Crippen molar-refractivity contribution in [1.82, 2.24) is 15.5 Å². The van der Waals surface area contributed by atoms with Crippen LogP contribution in [-0.2, 0) is 4.74 Å². The first kappa shape index (κ1) is 19.5. The van der Waals surface area contributed by atoms with Gasteiger partial charge in [0.25, 0.3) is 0 Å². The molecule has 0 aliphatic carbocycles. The molecule has 1 fully saturated rings. The predicted molar refractivity (Wildman–Crippen MR) is 90.2 cm³/mol. The zero-order valence-corrected chi connectivity index (χ0v) is 15.0. The van der Waals surface area contributed by atoms with E-state index in [9.17, 15) is 9.59 Å². The lowest BCUT2D eigenvalue weighted by Crippen LogP contribution is -2.52. The minimum absolute atomic E-state index is 0.000907. The maximum atomic E-state index is 11.9. The third kappa shape index (κ3) is 7.54. The Bertz CT molecular complexity index is 399. The van der Waals surface area contributed by atoms with Gasteiger partial charge in [0.1, 0.15) is 5.60 Å². The van der Waals surface area contributed by atoms with E-state index >= 15 is 0 Å². The smallest absolute Gasteiger partial charge is 0.407 e. The van der Waals surface area contributed by atoms with Crippen LogP contribution < -0.4 is 16.4 Å². The number of nitrogens with one attached hydrogen (secondary N) is 2. The van der Waals surface area contributed by atoms with Crippen LogP contribution >= 0.6 is 0 Å². The average molecular weight is 328 g/mol. The van der Waals surface area contributed by atoms with E-state index in [2.05, 4.69) is 24.5 Å². The SMILES string of the molecule is CC(C)C(CNC1CCN(C(N)=O)CC1)NC(=O)OC(C)(C)C. The normalized spacial score (nSPS) is 17.9. The zero-order chi connectivity index (χ0) is 17.6. The molecule has 1 rings (SSSR count). The number of urea groups is 1. The third-order valence-corrected chi connectivity index (χ3v) is 3.94. The summed E-state index contributed by atoms with van der Waals surface area (Å²) in [5, 5.41) is 6.41. The van der Waals surface area contributed by atoms with Gasteiger partial charge in [-0.25, -0.2) is 9.59 Å². The van der Waals surface area contributed by atoms with E-state index in [1.165, 1.54) is 0 Å². The van der Waals surface area contributed by atoms with Crippen LogP contribution in [0.3, 0.4) is 0 Å². The molecule has 3 amide bonds. The average Bonchev–Trinajstić information content (AvgIpc) is 2.41. The molecule has 0 radical (unpaired) electrons. The third-order valence-electron chi connectivity index (χ3n) is 3.94. The molecule has 0 aromatic heterocycles. The highest BCUT2D eigenvalue weighted by molar-refractivity contribution is 5.72. The Morgan fingerprint density at radius 3 is 2.26 bits per heavy atom. The Morgan fingerprint density at radius 1 is 1.26 bits per heavy atom. The monoisotopic (exact) mass is 328 g/mol. The number of primary amides is 1. The number of rotatable bonds is 5. The van der Waals surface area contributed by atoms with Gasteiger partial charge in [-0.05, 0) is 39.5 Å². The fourth-order valence-corrected chi connectivity index (χ4v) is 2.51. The molecule has 1 heterocycles. The summed E-state index contributed by atoms with van der Waals surface area (Å²) < 4.78 is 5.31. The Morgan fingerprint density at radius 2 is 1.83 bits per heavy atom. The second kappa shape index (κ2) is 8.38. The van der Waals surface area contributed by atoms with E-state index < -0.39 is 5.60 Å².